The quantitative estimate of drug-likeness (QED) is 0.811. The molecule has 0 radical (unpaired) electrons. The molecule has 1 amide bonds. The molecule has 13 heavy (non-hydrogen) atoms. The number of hydrogen-bond donors (Lipinski definition) is 1. The molecule has 0 unspecified atom stereocenters. The average Bonchev–Trinajstić information content (AvgIpc) is 2.51. The van der Waals surface area contributed by atoms with Crippen molar-refractivity contribution in [2.75, 3.05) is 0 Å². The van der Waals surface area contributed by atoms with Gasteiger partial charge in [0.1, 0.15) is 0 Å². The molecule has 0 spiro atoms. The molecule has 0 fully saturated rings. The van der Waals surface area contributed by atoms with Gasteiger partial charge in [0.05, 0.1) is 6.10 Å². The van der Waals surface area contributed by atoms with Crippen molar-refractivity contribution in [2.45, 2.75) is 26.5 Å². The number of hydrogen-bond acceptors (Lipinski definition) is 3. The highest BCUT2D eigenvalue weighted by Gasteiger charge is 2.03. The van der Waals surface area contributed by atoms with Gasteiger partial charge in [-0.3, -0.25) is 0 Å². The molecule has 1 N–H and O–H groups in total. The summed E-state index contributed by atoms with van der Waals surface area (Å²) < 4.78 is 4.90. The molecule has 1 aromatic heterocycles. The van der Waals surface area contributed by atoms with Crippen LogP contribution in [0.2, 0.25) is 0 Å². The van der Waals surface area contributed by atoms with Gasteiger partial charge in [0.2, 0.25) is 0 Å². The number of ether oxygens (including phenoxy) is 1. The normalized spacial score (nSPS) is 10.1. The minimum atomic E-state index is -0.360. The van der Waals surface area contributed by atoms with Crippen molar-refractivity contribution in [1.29, 1.82) is 0 Å². The van der Waals surface area contributed by atoms with Crippen molar-refractivity contribution >= 4 is 17.4 Å². The van der Waals surface area contributed by atoms with Crippen LogP contribution in [-0.4, -0.2) is 12.2 Å². The summed E-state index contributed by atoms with van der Waals surface area (Å²) in [7, 11) is 0. The summed E-state index contributed by atoms with van der Waals surface area (Å²) in [5.41, 5.74) is 1.10. The maximum Gasteiger partial charge on any atom is 0.407 e. The minimum absolute atomic E-state index is 0.0672. The van der Waals surface area contributed by atoms with Crippen molar-refractivity contribution in [3.63, 3.8) is 0 Å². The zero-order chi connectivity index (χ0) is 9.68. The number of alkyl carbamates (subject to hydrolysis) is 1. The lowest BCUT2D eigenvalue weighted by Crippen LogP contribution is -2.26. The third-order valence-electron chi connectivity index (χ3n) is 1.36. The van der Waals surface area contributed by atoms with Crippen LogP contribution in [0, 0.1) is 0 Å². The Bertz CT molecular complexity index is 257. The fourth-order valence-electron chi connectivity index (χ4n) is 0.823. The van der Waals surface area contributed by atoms with E-state index in [2.05, 4.69) is 5.32 Å². The highest BCUT2D eigenvalue weighted by atomic mass is 32.1. The van der Waals surface area contributed by atoms with Gasteiger partial charge < -0.3 is 10.1 Å². The molecule has 0 aliphatic carbocycles. The Kier molecular flexibility index (Phi) is 3.76. The molecule has 1 rings (SSSR count). The Labute approximate surface area is 81.7 Å². The second-order valence-electron chi connectivity index (χ2n) is 2.94. The number of amides is 1. The summed E-state index contributed by atoms with van der Waals surface area (Å²) in [4.78, 5) is 11.0. The molecule has 1 heterocycles. The summed E-state index contributed by atoms with van der Waals surface area (Å²) in [5, 5.41) is 6.63. The standard InChI is InChI=1S/C9H13NO2S/c1-7(2)12-9(11)10-5-8-3-4-13-6-8/h3-4,6-7H,5H2,1-2H3,(H,10,11). The lowest BCUT2D eigenvalue weighted by Gasteiger charge is -2.08. The smallest absolute Gasteiger partial charge is 0.407 e. The van der Waals surface area contributed by atoms with E-state index in [0.29, 0.717) is 6.54 Å². The summed E-state index contributed by atoms with van der Waals surface area (Å²) in [6.45, 7) is 4.18. The van der Waals surface area contributed by atoms with E-state index in [0.717, 1.165) is 5.56 Å². The van der Waals surface area contributed by atoms with Gasteiger partial charge in [-0.15, -0.1) is 0 Å². The molecule has 0 saturated heterocycles. The van der Waals surface area contributed by atoms with Gasteiger partial charge in [-0.25, -0.2) is 4.79 Å². The number of carbonyl (C=O) groups is 1. The number of nitrogens with one attached hydrogen (secondary N) is 1. The molecule has 0 aromatic carbocycles. The third-order valence-corrected chi connectivity index (χ3v) is 2.09. The maximum atomic E-state index is 11.0. The van der Waals surface area contributed by atoms with Crippen LogP contribution < -0.4 is 5.32 Å². The molecule has 0 bridgehead atoms. The van der Waals surface area contributed by atoms with Crippen molar-refractivity contribution in [2.24, 2.45) is 0 Å². The van der Waals surface area contributed by atoms with E-state index in [4.69, 9.17) is 4.74 Å². The predicted molar refractivity (Wildman–Crippen MR) is 52.8 cm³/mol. The van der Waals surface area contributed by atoms with Crippen LogP contribution >= 0.6 is 11.3 Å². The Balaban J connectivity index is 2.23. The minimum Gasteiger partial charge on any atom is -0.447 e. The molecule has 0 aliphatic rings. The molecule has 0 aliphatic heterocycles. The molecule has 72 valence electrons. The van der Waals surface area contributed by atoms with Crippen LogP contribution in [0.15, 0.2) is 16.8 Å². The average molecular weight is 199 g/mol. The van der Waals surface area contributed by atoms with Gasteiger partial charge in [0.15, 0.2) is 0 Å². The molecule has 3 nitrogen and oxygen atoms in total. The highest BCUT2D eigenvalue weighted by Crippen LogP contribution is 2.04. The van der Waals surface area contributed by atoms with Crippen molar-refractivity contribution in [1.82, 2.24) is 5.32 Å². The molecule has 4 heteroatoms. The van der Waals surface area contributed by atoms with Crippen molar-refractivity contribution < 1.29 is 9.53 Å². The Morgan fingerprint density at radius 2 is 2.46 bits per heavy atom. The number of carbonyl (C=O) groups excluding carboxylic acids is 1. The lowest BCUT2D eigenvalue weighted by atomic mass is 10.3. The monoisotopic (exact) mass is 199 g/mol. The van der Waals surface area contributed by atoms with E-state index >= 15 is 0 Å². The zero-order valence-electron chi connectivity index (χ0n) is 7.74. The Morgan fingerprint density at radius 1 is 1.69 bits per heavy atom. The molecular formula is C9H13NO2S. The van der Waals surface area contributed by atoms with Crippen LogP contribution in [0.4, 0.5) is 4.79 Å². The van der Waals surface area contributed by atoms with E-state index in [-0.39, 0.29) is 12.2 Å². The SMILES string of the molecule is CC(C)OC(=O)NCc1ccsc1. The second kappa shape index (κ2) is 4.87. The maximum absolute atomic E-state index is 11.0. The first-order valence-corrected chi connectivity index (χ1v) is 5.08. The Morgan fingerprint density at radius 3 is 3.00 bits per heavy atom. The van der Waals surface area contributed by atoms with Gasteiger partial charge in [-0.05, 0) is 36.2 Å². The van der Waals surface area contributed by atoms with Crippen molar-refractivity contribution in [3.05, 3.63) is 22.4 Å². The van der Waals surface area contributed by atoms with E-state index in [9.17, 15) is 4.79 Å². The van der Waals surface area contributed by atoms with Gasteiger partial charge in [-0.1, -0.05) is 0 Å². The van der Waals surface area contributed by atoms with Crippen LogP contribution in [0.5, 0.6) is 0 Å². The molecule has 0 atom stereocenters. The highest BCUT2D eigenvalue weighted by molar-refractivity contribution is 7.07. The summed E-state index contributed by atoms with van der Waals surface area (Å²) in [5.74, 6) is 0. The van der Waals surface area contributed by atoms with E-state index in [1.165, 1.54) is 0 Å². The lowest BCUT2D eigenvalue weighted by molar-refractivity contribution is 0.115. The summed E-state index contributed by atoms with van der Waals surface area (Å²) >= 11 is 1.61. The zero-order valence-corrected chi connectivity index (χ0v) is 8.56. The first-order chi connectivity index (χ1) is 6.18. The Hall–Kier alpha value is -1.03. The van der Waals surface area contributed by atoms with E-state index < -0.39 is 0 Å². The van der Waals surface area contributed by atoms with Crippen LogP contribution in [-0.2, 0) is 11.3 Å². The number of rotatable bonds is 3. The largest absolute Gasteiger partial charge is 0.447 e. The van der Waals surface area contributed by atoms with Gasteiger partial charge in [0.25, 0.3) is 0 Å². The molecular weight excluding hydrogens is 186 g/mol. The second-order valence-corrected chi connectivity index (χ2v) is 3.72. The fourth-order valence-corrected chi connectivity index (χ4v) is 1.49. The summed E-state index contributed by atoms with van der Waals surface area (Å²) in [6, 6.07) is 1.97. The molecule has 1 aromatic rings. The number of thiophene rings is 1. The van der Waals surface area contributed by atoms with Gasteiger partial charge in [0, 0.05) is 6.54 Å². The third kappa shape index (κ3) is 3.94. The first-order valence-electron chi connectivity index (χ1n) is 4.14. The summed E-state index contributed by atoms with van der Waals surface area (Å²) in [6.07, 6.45) is -0.427. The molecule has 0 saturated carbocycles. The van der Waals surface area contributed by atoms with Crippen LogP contribution in [0.25, 0.3) is 0 Å². The predicted octanol–water partition coefficient (Wildman–Crippen LogP) is 2.38. The fraction of sp³-hybridized carbons (Fsp3) is 0.444. The van der Waals surface area contributed by atoms with Crippen LogP contribution in [0.1, 0.15) is 19.4 Å². The van der Waals surface area contributed by atoms with E-state index in [1.807, 2.05) is 30.7 Å². The van der Waals surface area contributed by atoms with Gasteiger partial charge in [-0.2, -0.15) is 11.3 Å². The topological polar surface area (TPSA) is 38.3 Å². The first kappa shape index (κ1) is 10.1. The van der Waals surface area contributed by atoms with Crippen LogP contribution in [0.3, 0.4) is 0 Å². The van der Waals surface area contributed by atoms with E-state index in [1.54, 1.807) is 11.3 Å². The van der Waals surface area contributed by atoms with Crippen molar-refractivity contribution in [3.8, 4) is 0 Å². The van der Waals surface area contributed by atoms with Gasteiger partial charge >= 0.3 is 6.09 Å².